The van der Waals surface area contributed by atoms with Crippen LogP contribution in [-0.4, -0.2) is 24.7 Å². The summed E-state index contributed by atoms with van der Waals surface area (Å²) in [5, 5.41) is 2.90. The summed E-state index contributed by atoms with van der Waals surface area (Å²) in [5.74, 6) is 0.152. The van der Waals surface area contributed by atoms with Gasteiger partial charge in [0.05, 0.1) is 7.11 Å². The molecule has 0 bridgehead atoms. The van der Waals surface area contributed by atoms with Gasteiger partial charge in [0.1, 0.15) is 12.1 Å². The molecule has 3 rings (SSSR count). The summed E-state index contributed by atoms with van der Waals surface area (Å²) in [6, 6.07) is 19.2. The van der Waals surface area contributed by atoms with Crippen LogP contribution in [0.15, 0.2) is 60.7 Å². The number of rotatable bonds is 9. The van der Waals surface area contributed by atoms with Gasteiger partial charge in [0.2, 0.25) is 0 Å². The van der Waals surface area contributed by atoms with E-state index in [1.54, 1.807) is 0 Å². The molecular weight excluding hydrogens is 390 g/mol. The van der Waals surface area contributed by atoms with Gasteiger partial charge in [-0.2, -0.15) is 0 Å². The molecule has 5 heteroatoms. The normalized spacial score (nSPS) is 16.2. The minimum atomic E-state index is -1.15. The summed E-state index contributed by atoms with van der Waals surface area (Å²) in [7, 11) is 1.37. The highest BCUT2D eigenvalue weighted by atomic mass is 16.6. The number of esters is 1. The molecule has 2 aromatic carbocycles. The molecule has 0 spiro atoms. The second kappa shape index (κ2) is 11.5. The van der Waals surface area contributed by atoms with Crippen LogP contribution in [0.25, 0.3) is 0 Å². The molecule has 1 amide bonds. The third-order valence-electron chi connectivity index (χ3n) is 6.18. The van der Waals surface area contributed by atoms with E-state index in [2.05, 4.69) is 5.32 Å². The molecule has 1 aliphatic rings. The van der Waals surface area contributed by atoms with Gasteiger partial charge in [0.15, 0.2) is 0 Å². The van der Waals surface area contributed by atoms with Gasteiger partial charge in [0, 0.05) is 6.42 Å². The van der Waals surface area contributed by atoms with E-state index in [0.29, 0.717) is 18.8 Å². The number of benzene rings is 2. The van der Waals surface area contributed by atoms with Gasteiger partial charge in [0.25, 0.3) is 0 Å². The Hall–Kier alpha value is -2.82. The third kappa shape index (κ3) is 6.84. The molecule has 1 fully saturated rings. The molecule has 0 radical (unpaired) electrons. The maximum atomic E-state index is 13.0. The monoisotopic (exact) mass is 423 g/mol. The number of alkyl carbamates (subject to hydrolysis) is 1. The second-order valence-electron chi connectivity index (χ2n) is 8.47. The van der Waals surface area contributed by atoms with Crippen molar-refractivity contribution in [1.29, 1.82) is 0 Å². The number of nitrogens with one attached hydrogen (secondary N) is 1. The van der Waals surface area contributed by atoms with E-state index in [0.717, 1.165) is 17.5 Å². The molecule has 31 heavy (non-hydrogen) atoms. The summed E-state index contributed by atoms with van der Waals surface area (Å²) in [6.45, 7) is 0.151. The lowest BCUT2D eigenvalue weighted by atomic mass is 9.79. The van der Waals surface area contributed by atoms with Crippen molar-refractivity contribution >= 4 is 12.1 Å². The largest absolute Gasteiger partial charge is 0.467 e. The fourth-order valence-corrected chi connectivity index (χ4v) is 4.44. The number of hydrogen-bond acceptors (Lipinski definition) is 4. The third-order valence-corrected chi connectivity index (χ3v) is 6.18. The van der Waals surface area contributed by atoms with Crippen molar-refractivity contribution in [2.24, 2.45) is 5.92 Å². The zero-order valence-electron chi connectivity index (χ0n) is 18.3. The summed E-state index contributed by atoms with van der Waals surface area (Å²) in [5.41, 5.74) is 0.716. The Morgan fingerprint density at radius 3 is 2.16 bits per heavy atom. The average molecular weight is 424 g/mol. The predicted octanol–water partition coefficient (Wildman–Crippen LogP) is 5.43. The van der Waals surface area contributed by atoms with Crippen LogP contribution in [0, 0.1) is 5.92 Å². The SMILES string of the molecule is COC(=O)[C@@](CCC1CCCCC1)(Cc1ccccc1)NC(=O)OCc1ccccc1. The van der Waals surface area contributed by atoms with Gasteiger partial charge in [-0.1, -0.05) is 92.8 Å². The van der Waals surface area contributed by atoms with Crippen LogP contribution in [0.5, 0.6) is 0 Å². The van der Waals surface area contributed by atoms with Crippen LogP contribution in [0.4, 0.5) is 4.79 Å². The first-order valence-corrected chi connectivity index (χ1v) is 11.2. The molecule has 2 aromatic rings. The van der Waals surface area contributed by atoms with Gasteiger partial charge in [-0.25, -0.2) is 9.59 Å². The number of carbonyl (C=O) groups excluding carboxylic acids is 2. The topological polar surface area (TPSA) is 64.6 Å². The van der Waals surface area contributed by atoms with Crippen molar-refractivity contribution in [3.05, 3.63) is 71.8 Å². The number of amides is 1. The first kappa shape index (κ1) is 22.9. The molecule has 1 N–H and O–H groups in total. The van der Waals surface area contributed by atoms with E-state index in [-0.39, 0.29) is 6.61 Å². The van der Waals surface area contributed by atoms with Crippen LogP contribution in [0.1, 0.15) is 56.1 Å². The summed E-state index contributed by atoms with van der Waals surface area (Å²) in [6.07, 6.45) is 7.29. The Morgan fingerprint density at radius 1 is 0.935 bits per heavy atom. The van der Waals surface area contributed by atoms with Crippen molar-refractivity contribution < 1.29 is 19.1 Å². The molecular formula is C26H33NO4. The van der Waals surface area contributed by atoms with E-state index >= 15 is 0 Å². The van der Waals surface area contributed by atoms with Crippen LogP contribution in [-0.2, 0) is 27.3 Å². The average Bonchev–Trinajstić information content (AvgIpc) is 2.82. The van der Waals surface area contributed by atoms with E-state index in [4.69, 9.17) is 9.47 Å². The van der Waals surface area contributed by atoms with E-state index in [1.165, 1.54) is 39.2 Å². The van der Waals surface area contributed by atoms with Crippen LogP contribution >= 0.6 is 0 Å². The van der Waals surface area contributed by atoms with Crippen LogP contribution < -0.4 is 5.32 Å². The van der Waals surface area contributed by atoms with Crippen molar-refractivity contribution in [1.82, 2.24) is 5.32 Å². The van der Waals surface area contributed by atoms with Crippen molar-refractivity contribution in [2.45, 2.75) is 63.5 Å². The van der Waals surface area contributed by atoms with Crippen molar-refractivity contribution in [2.75, 3.05) is 7.11 Å². The Kier molecular flexibility index (Phi) is 8.51. The van der Waals surface area contributed by atoms with Crippen LogP contribution in [0.2, 0.25) is 0 Å². The smallest absolute Gasteiger partial charge is 0.408 e. The lowest BCUT2D eigenvalue weighted by molar-refractivity contribution is -0.149. The minimum absolute atomic E-state index is 0.151. The molecule has 1 atom stereocenters. The van der Waals surface area contributed by atoms with Gasteiger partial charge < -0.3 is 14.8 Å². The molecule has 0 heterocycles. The minimum Gasteiger partial charge on any atom is -0.467 e. The first-order chi connectivity index (χ1) is 15.1. The molecule has 0 aliphatic heterocycles. The number of methoxy groups -OCH3 is 1. The second-order valence-corrected chi connectivity index (χ2v) is 8.47. The lowest BCUT2D eigenvalue weighted by Crippen LogP contribution is -2.57. The van der Waals surface area contributed by atoms with Gasteiger partial charge in [-0.15, -0.1) is 0 Å². The van der Waals surface area contributed by atoms with Gasteiger partial charge >= 0.3 is 12.1 Å². The Morgan fingerprint density at radius 2 is 1.55 bits per heavy atom. The molecule has 5 nitrogen and oxygen atoms in total. The Labute approximate surface area is 185 Å². The molecule has 1 aliphatic carbocycles. The highest BCUT2D eigenvalue weighted by Gasteiger charge is 2.42. The maximum Gasteiger partial charge on any atom is 0.408 e. The molecule has 166 valence electrons. The standard InChI is InChI=1S/C26H33NO4/c1-30-24(28)26(19-22-13-7-3-8-14-22,18-17-21-11-5-2-6-12-21)27-25(29)31-20-23-15-9-4-10-16-23/h3-4,7-10,13-16,21H,2,5-6,11-12,17-20H2,1H3,(H,27,29)/t26-/m1/s1. The highest BCUT2D eigenvalue weighted by Crippen LogP contribution is 2.31. The molecule has 0 unspecified atom stereocenters. The summed E-state index contributed by atoms with van der Waals surface area (Å²) in [4.78, 5) is 25.8. The maximum absolute atomic E-state index is 13.0. The van der Waals surface area contributed by atoms with Gasteiger partial charge in [-0.05, 0) is 29.9 Å². The Balaban J connectivity index is 1.75. The molecule has 1 saturated carbocycles. The summed E-state index contributed by atoms with van der Waals surface area (Å²) < 4.78 is 10.6. The molecule has 0 saturated heterocycles. The van der Waals surface area contributed by atoms with Gasteiger partial charge in [-0.3, -0.25) is 0 Å². The molecule has 0 aromatic heterocycles. The predicted molar refractivity (Wildman–Crippen MR) is 120 cm³/mol. The quantitative estimate of drug-likeness (QED) is 0.547. The number of carbonyl (C=O) groups is 2. The zero-order chi connectivity index (χ0) is 21.9. The highest BCUT2D eigenvalue weighted by molar-refractivity contribution is 5.86. The van der Waals surface area contributed by atoms with E-state index in [9.17, 15) is 9.59 Å². The van der Waals surface area contributed by atoms with Crippen molar-refractivity contribution in [3.8, 4) is 0 Å². The number of hydrogen-bond donors (Lipinski definition) is 1. The Bertz CT molecular complexity index is 818. The van der Waals surface area contributed by atoms with Crippen molar-refractivity contribution in [3.63, 3.8) is 0 Å². The lowest BCUT2D eigenvalue weighted by Gasteiger charge is -2.34. The van der Waals surface area contributed by atoms with Crippen LogP contribution in [0.3, 0.4) is 0 Å². The zero-order valence-corrected chi connectivity index (χ0v) is 18.3. The van der Waals surface area contributed by atoms with E-state index in [1.807, 2.05) is 60.7 Å². The van der Waals surface area contributed by atoms with E-state index < -0.39 is 17.6 Å². The first-order valence-electron chi connectivity index (χ1n) is 11.2. The fourth-order valence-electron chi connectivity index (χ4n) is 4.44. The fraction of sp³-hybridized carbons (Fsp3) is 0.462. The summed E-state index contributed by atoms with van der Waals surface area (Å²) >= 11 is 0. The number of ether oxygens (including phenoxy) is 2.